The first-order valence-electron chi connectivity index (χ1n) is 7.23. The Morgan fingerprint density at radius 2 is 1.92 bits per heavy atom. The van der Waals surface area contributed by atoms with Crippen molar-refractivity contribution in [2.45, 2.75) is 11.9 Å². The number of nitrogens with one attached hydrogen (secondary N) is 1. The number of sulfone groups is 1. The fourth-order valence-corrected chi connectivity index (χ4v) is 3.01. The number of aliphatic hydroxyl groups is 1. The van der Waals surface area contributed by atoms with Crippen molar-refractivity contribution >= 4 is 15.7 Å². The minimum absolute atomic E-state index is 0.0847. The Morgan fingerprint density at radius 3 is 2.58 bits per heavy atom. The van der Waals surface area contributed by atoms with E-state index < -0.39 is 27.7 Å². The van der Waals surface area contributed by atoms with Crippen molar-refractivity contribution in [2.24, 2.45) is 0 Å². The molecule has 0 aliphatic carbocycles. The van der Waals surface area contributed by atoms with Crippen molar-refractivity contribution < 1.29 is 22.7 Å². The van der Waals surface area contributed by atoms with Gasteiger partial charge in [-0.3, -0.25) is 4.79 Å². The van der Waals surface area contributed by atoms with Gasteiger partial charge in [0.2, 0.25) is 0 Å². The summed E-state index contributed by atoms with van der Waals surface area (Å²) in [6.45, 7) is -0.0847. The normalized spacial score (nSPS) is 12.6. The second kappa shape index (κ2) is 7.55. The first-order chi connectivity index (χ1) is 11.2. The van der Waals surface area contributed by atoms with Gasteiger partial charge in [-0.05, 0) is 35.4 Å². The van der Waals surface area contributed by atoms with E-state index in [-0.39, 0.29) is 12.3 Å². The molecule has 1 unspecified atom stereocenters. The summed E-state index contributed by atoms with van der Waals surface area (Å²) in [6, 6.07) is 11.8. The highest BCUT2D eigenvalue weighted by molar-refractivity contribution is 7.89. The minimum atomic E-state index is -3.19. The maximum absolute atomic E-state index is 13.1. The maximum Gasteiger partial charge on any atom is 0.251 e. The second-order valence-electron chi connectivity index (χ2n) is 5.55. The highest BCUT2D eigenvalue weighted by atomic mass is 32.2. The summed E-state index contributed by atoms with van der Waals surface area (Å²) in [4.78, 5) is 12.1. The predicted octanol–water partition coefficient (Wildman–Crippen LogP) is 1.83. The van der Waals surface area contributed by atoms with Crippen LogP contribution in [0.15, 0.2) is 48.5 Å². The predicted molar refractivity (Wildman–Crippen MR) is 88.7 cm³/mol. The molecule has 24 heavy (non-hydrogen) atoms. The molecule has 7 heteroatoms. The fourth-order valence-electron chi connectivity index (χ4n) is 2.23. The highest BCUT2D eigenvalue weighted by Crippen LogP contribution is 2.14. The summed E-state index contributed by atoms with van der Waals surface area (Å²) in [5.41, 5.74) is 1.17. The molecule has 0 aliphatic rings. The van der Waals surface area contributed by atoms with Crippen LogP contribution in [0.25, 0.3) is 0 Å². The number of carbonyl (C=O) groups excluding carboxylic acids is 1. The molecule has 0 saturated carbocycles. The Labute approximate surface area is 140 Å². The van der Waals surface area contributed by atoms with E-state index in [0.29, 0.717) is 16.7 Å². The van der Waals surface area contributed by atoms with Crippen molar-refractivity contribution in [3.05, 3.63) is 71.0 Å². The van der Waals surface area contributed by atoms with E-state index in [0.717, 1.165) is 6.26 Å². The van der Waals surface area contributed by atoms with E-state index in [4.69, 9.17) is 0 Å². The van der Waals surface area contributed by atoms with Crippen LogP contribution in [0.1, 0.15) is 27.6 Å². The van der Waals surface area contributed by atoms with Crippen LogP contribution in [0.5, 0.6) is 0 Å². The smallest absolute Gasteiger partial charge is 0.251 e. The summed E-state index contributed by atoms with van der Waals surface area (Å²) >= 11 is 0. The van der Waals surface area contributed by atoms with Crippen molar-refractivity contribution in [2.75, 3.05) is 12.8 Å². The molecule has 5 nitrogen and oxygen atoms in total. The molecule has 2 aromatic rings. The molecule has 0 spiro atoms. The number of aliphatic hydroxyl groups excluding tert-OH is 1. The number of hydrogen-bond donors (Lipinski definition) is 2. The van der Waals surface area contributed by atoms with Gasteiger partial charge in [0.15, 0.2) is 9.84 Å². The average molecular weight is 351 g/mol. The molecule has 0 fully saturated rings. The van der Waals surface area contributed by atoms with Crippen LogP contribution in [-0.4, -0.2) is 32.2 Å². The molecule has 0 aliphatic heterocycles. The van der Waals surface area contributed by atoms with Crippen LogP contribution in [0.3, 0.4) is 0 Å². The number of rotatable bonds is 6. The number of amides is 1. The Balaban J connectivity index is 2.01. The monoisotopic (exact) mass is 351 g/mol. The molecule has 2 N–H and O–H groups in total. The van der Waals surface area contributed by atoms with Gasteiger partial charge in [-0.2, -0.15) is 0 Å². The van der Waals surface area contributed by atoms with Crippen LogP contribution in [-0.2, 0) is 15.6 Å². The van der Waals surface area contributed by atoms with Crippen LogP contribution in [0, 0.1) is 5.82 Å². The summed E-state index contributed by atoms with van der Waals surface area (Å²) in [7, 11) is -3.19. The van der Waals surface area contributed by atoms with Crippen LogP contribution >= 0.6 is 0 Å². The highest BCUT2D eigenvalue weighted by Gasteiger charge is 2.13. The van der Waals surface area contributed by atoms with Crippen molar-refractivity contribution in [1.29, 1.82) is 0 Å². The third-order valence-electron chi connectivity index (χ3n) is 3.31. The SMILES string of the molecule is CS(=O)(=O)Cc1cccc(C(=O)NCC(O)c2cccc(F)c2)c1. The van der Waals surface area contributed by atoms with E-state index in [1.54, 1.807) is 24.3 Å². The summed E-state index contributed by atoms with van der Waals surface area (Å²) in [5.74, 6) is -1.06. The Morgan fingerprint density at radius 1 is 1.21 bits per heavy atom. The molecule has 0 saturated heterocycles. The van der Waals surface area contributed by atoms with Gasteiger partial charge >= 0.3 is 0 Å². The summed E-state index contributed by atoms with van der Waals surface area (Å²) in [5, 5.41) is 12.5. The summed E-state index contributed by atoms with van der Waals surface area (Å²) in [6.07, 6.45) is 0.0820. The molecule has 2 aromatic carbocycles. The largest absolute Gasteiger partial charge is 0.387 e. The molecular weight excluding hydrogens is 333 g/mol. The van der Waals surface area contributed by atoms with Crippen molar-refractivity contribution in [3.8, 4) is 0 Å². The van der Waals surface area contributed by atoms with E-state index in [9.17, 15) is 22.7 Å². The number of benzene rings is 2. The zero-order chi connectivity index (χ0) is 17.7. The standard InChI is InChI=1S/C17H18FNO4S/c1-24(22,23)11-12-4-2-6-14(8-12)17(21)19-10-16(20)13-5-3-7-15(18)9-13/h2-9,16,20H,10-11H2,1H3,(H,19,21). The van der Waals surface area contributed by atoms with E-state index in [2.05, 4.69) is 5.32 Å². The lowest BCUT2D eigenvalue weighted by Crippen LogP contribution is -2.28. The topological polar surface area (TPSA) is 83.5 Å². The zero-order valence-corrected chi connectivity index (χ0v) is 13.9. The Bertz CT molecular complexity index is 836. The third-order valence-corrected chi connectivity index (χ3v) is 4.17. The molecule has 0 heterocycles. The Kier molecular flexibility index (Phi) is 5.69. The number of carbonyl (C=O) groups is 1. The number of hydrogen-bond acceptors (Lipinski definition) is 4. The molecular formula is C17H18FNO4S. The quantitative estimate of drug-likeness (QED) is 0.832. The first kappa shape index (κ1) is 18.1. The first-order valence-corrected chi connectivity index (χ1v) is 9.29. The van der Waals surface area contributed by atoms with Gasteiger partial charge < -0.3 is 10.4 Å². The lowest BCUT2D eigenvalue weighted by atomic mass is 10.1. The molecule has 0 aromatic heterocycles. The zero-order valence-electron chi connectivity index (χ0n) is 13.1. The van der Waals surface area contributed by atoms with Gasteiger partial charge in [0, 0.05) is 18.4 Å². The lowest BCUT2D eigenvalue weighted by molar-refractivity contribution is 0.0916. The van der Waals surface area contributed by atoms with E-state index in [1.165, 1.54) is 24.3 Å². The molecule has 128 valence electrons. The maximum atomic E-state index is 13.1. The molecule has 1 atom stereocenters. The van der Waals surface area contributed by atoms with Gasteiger partial charge in [-0.25, -0.2) is 12.8 Å². The molecule has 0 bridgehead atoms. The van der Waals surface area contributed by atoms with Crippen LogP contribution in [0.2, 0.25) is 0 Å². The molecule has 2 rings (SSSR count). The average Bonchev–Trinajstić information content (AvgIpc) is 2.51. The van der Waals surface area contributed by atoms with Crippen LogP contribution < -0.4 is 5.32 Å². The minimum Gasteiger partial charge on any atom is -0.387 e. The fraction of sp³-hybridized carbons (Fsp3) is 0.235. The van der Waals surface area contributed by atoms with E-state index in [1.807, 2.05) is 0 Å². The second-order valence-corrected chi connectivity index (χ2v) is 7.69. The van der Waals surface area contributed by atoms with E-state index >= 15 is 0 Å². The van der Waals surface area contributed by atoms with Gasteiger partial charge in [0.05, 0.1) is 11.9 Å². The van der Waals surface area contributed by atoms with Crippen LogP contribution in [0.4, 0.5) is 4.39 Å². The van der Waals surface area contributed by atoms with Gasteiger partial charge in [0.1, 0.15) is 5.82 Å². The van der Waals surface area contributed by atoms with Crippen molar-refractivity contribution in [1.82, 2.24) is 5.32 Å². The Hall–Kier alpha value is -2.25. The molecule has 0 radical (unpaired) electrons. The van der Waals surface area contributed by atoms with Gasteiger partial charge in [-0.15, -0.1) is 0 Å². The number of halogens is 1. The summed E-state index contributed by atoms with van der Waals surface area (Å²) < 4.78 is 35.8. The third kappa shape index (κ3) is 5.43. The lowest BCUT2D eigenvalue weighted by Gasteiger charge is -2.13. The van der Waals surface area contributed by atoms with Gasteiger partial charge in [0.25, 0.3) is 5.91 Å². The van der Waals surface area contributed by atoms with Crippen molar-refractivity contribution in [3.63, 3.8) is 0 Å². The van der Waals surface area contributed by atoms with Gasteiger partial charge in [-0.1, -0.05) is 24.3 Å². The molecule has 1 amide bonds.